The Labute approximate surface area is 187 Å². The lowest BCUT2D eigenvalue weighted by molar-refractivity contribution is -0.193. The average molecular weight is 431 g/mol. The molecule has 3 aromatic rings. The maximum atomic E-state index is 12.9. The molecule has 164 valence electrons. The number of carbonyl (C=O) groups excluding carboxylic acids is 1. The molecular formula is C27H26O5. The minimum absolute atomic E-state index is 0.279. The lowest BCUT2D eigenvalue weighted by Crippen LogP contribution is -2.52. The van der Waals surface area contributed by atoms with Crippen LogP contribution < -0.4 is 0 Å². The van der Waals surface area contributed by atoms with Crippen LogP contribution in [0, 0.1) is 0 Å². The molecule has 2 aliphatic rings. The Morgan fingerprint density at radius 1 is 0.719 bits per heavy atom. The van der Waals surface area contributed by atoms with Gasteiger partial charge in [-0.3, -0.25) is 0 Å². The van der Waals surface area contributed by atoms with Crippen molar-refractivity contribution in [3.8, 4) is 0 Å². The number of ether oxygens (including phenoxy) is 4. The summed E-state index contributed by atoms with van der Waals surface area (Å²) in [7, 11) is 0. The van der Waals surface area contributed by atoms with Crippen molar-refractivity contribution in [3.63, 3.8) is 0 Å². The third-order valence-corrected chi connectivity index (χ3v) is 6.34. The first-order valence-electron chi connectivity index (χ1n) is 10.9. The molecule has 4 atom stereocenters. The summed E-state index contributed by atoms with van der Waals surface area (Å²) in [5.74, 6) is -0.411. The van der Waals surface area contributed by atoms with Crippen molar-refractivity contribution in [2.45, 2.75) is 50.2 Å². The SMILES string of the molecule is CC1(OCc2ccccc2)C(=O)OC2C(OCc3ccccc3)C21OCc1ccccc1. The highest BCUT2D eigenvalue weighted by Gasteiger charge is 2.86. The predicted octanol–water partition coefficient (Wildman–Crippen LogP) is 4.44. The number of carbonyl (C=O) groups is 1. The molecule has 5 rings (SSSR count). The first-order chi connectivity index (χ1) is 15.6. The van der Waals surface area contributed by atoms with E-state index in [1.54, 1.807) is 6.92 Å². The molecule has 0 radical (unpaired) electrons. The van der Waals surface area contributed by atoms with Gasteiger partial charge in [0.05, 0.1) is 19.8 Å². The standard InChI is InChI=1S/C27H26O5/c1-26(30-18-21-13-7-3-8-14-21)25(28)32-24-23(29-17-20-11-5-2-6-12-20)27(24,26)31-19-22-15-9-4-10-16-22/h2-16,23-24H,17-19H2,1H3. The van der Waals surface area contributed by atoms with Crippen LogP contribution in [0.1, 0.15) is 23.6 Å². The first-order valence-corrected chi connectivity index (χ1v) is 10.9. The van der Waals surface area contributed by atoms with E-state index < -0.39 is 29.4 Å². The van der Waals surface area contributed by atoms with Gasteiger partial charge in [-0.1, -0.05) is 91.0 Å². The maximum absolute atomic E-state index is 12.9. The molecule has 4 unspecified atom stereocenters. The second-order valence-corrected chi connectivity index (χ2v) is 8.42. The van der Waals surface area contributed by atoms with Crippen molar-refractivity contribution in [1.29, 1.82) is 0 Å². The summed E-state index contributed by atoms with van der Waals surface area (Å²) >= 11 is 0. The van der Waals surface area contributed by atoms with E-state index in [2.05, 4.69) is 0 Å². The molecular weight excluding hydrogens is 404 g/mol. The van der Waals surface area contributed by atoms with Crippen LogP contribution in [-0.2, 0) is 43.6 Å². The van der Waals surface area contributed by atoms with Gasteiger partial charge in [0.1, 0.15) is 6.10 Å². The van der Waals surface area contributed by atoms with Crippen molar-refractivity contribution in [2.75, 3.05) is 0 Å². The van der Waals surface area contributed by atoms with Crippen LogP contribution in [-0.4, -0.2) is 29.4 Å². The van der Waals surface area contributed by atoms with E-state index >= 15 is 0 Å². The van der Waals surface area contributed by atoms with Gasteiger partial charge >= 0.3 is 5.97 Å². The van der Waals surface area contributed by atoms with Crippen molar-refractivity contribution in [1.82, 2.24) is 0 Å². The smallest absolute Gasteiger partial charge is 0.341 e. The molecule has 3 aromatic carbocycles. The molecule has 1 heterocycles. The molecule has 2 fully saturated rings. The Bertz CT molecular complexity index is 1060. The van der Waals surface area contributed by atoms with Gasteiger partial charge in [0.25, 0.3) is 0 Å². The van der Waals surface area contributed by atoms with E-state index in [9.17, 15) is 4.79 Å². The molecule has 5 heteroatoms. The van der Waals surface area contributed by atoms with Crippen LogP contribution in [0.2, 0.25) is 0 Å². The Balaban J connectivity index is 1.38. The molecule has 32 heavy (non-hydrogen) atoms. The van der Waals surface area contributed by atoms with E-state index in [0.29, 0.717) is 13.2 Å². The highest BCUT2D eigenvalue weighted by Crippen LogP contribution is 2.60. The summed E-state index contributed by atoms with van der Waals surface area (Å²) in [4.78, 5) is 12.9. The Kier molecular flexibility index (Phi) is 5.55. The maximum Gasteiger partial charge on any atom is 0.341 e. The van der Waals surface area contributed by atoms with Gasteiger partial charge in [0.2, 0.25) is 0 Å². The van der Waals surface area contributed by atoms with E-state index in [1.807, 2.05) is 91.0 Å². The number of hydrogen-bond donors (Lipinski definition) is 0. The highest BCUT2D eigenvalue weighted by atomic mass is 16.7. The second kappa shape index (κ2) is 8.51. The Morgan fingerprint density at radius 2 is 1.19 bits per heavy atom. The first kappa shape index (κ1) is 20.9. The van der Waals surface area contributed by atoms with Gasteiger partial charge in [0.15, 0.2) is 17.3 Å². The molecule has 0 bridgehead atoms. The molecule has 0 amide bonds. The van der Waals surface area contributed by atoms with Crippen molar-refractivity contribution < 1.29 is 23.7 Å². The number of fused-ring (bicyclic) bond motifs is 1. The molecule has 0 aromatic heterocycles. The fourth-order valence-corrected chi connectivity index (χ4v) is 4.41. The van der Waals surface area contributed by atoms with Crippen LogP contribution in [0.4, 0.5) is 0 Å². The van der Waals surface area contributed by atoms with Crippen molar-refractivity contribution in [3.05, 3.63) is 108 Å². The average Bonchev–Trinajstić information content (AvgIpc) is 3.41. The number of benzene rings is 3. The highest BCUT2D eigenvalue weighted by molar-refractivity contribution is 5.87. The lowest BCUT2D eigenvalue weighted by Gasteiger charge is -2.32. The van der Waals surface area contributed by atoms with E-state index in [-0.39, 0.29) is 6.61 Å². The third kappa shape index (κ3) is 3.62. The topological polar surface area (TPSA) is 54.0 Å². The van der Waals surface area contributed by atoms with Gasteiger partial charge in [-0.2, -0.15) is 0 Å². The normalized spacial score (nSPS) is 28.2. The summed E-state index contributed by atoms with van der Waals surface area (Å²) in [6.07, 6.45) is -0.895. The zero-order valence-electron chi connectivity index (χ0n) is 18.0. The molecule has 1 aliphatic heterocycles. The Hall–Kier alpha value is -2.99. The van der Waals surface area contributed by atoms with Crippen LogP contribution in [0.25, 0.3) is 0 Å². The zero-order chi connectivity index (χ0) is 22.0. The predicted molar refractivity (Wildman–Crippen MR) is 118 cm³/mol. The summed E-state index contributed by atoms with van der Waals surface area (Å²) in [5.41, 5.74) is 0.770. The summed E-state index contributed by atoms with van der Waals surface area (Å²) < 4.78 is 24.6. The lowest BCUT2D eigenvalue weighted by atomic mass is 9.96. The quantitative estimate of drug-likeness (QED) is 0.470. The van der Waals surface area contributed by atoms with E-state index in [0.717, 1.165) is 16.7 Å². The minimum Gasteiger partial charge on any atom is -0.454 e. The van der Waals surface area contributed by atoms with Crippen LogP contribution in [0.15, 0.2) is 91.0 Å². The molecule has 1 aliphatic carbocycles. The molecule has 5 nitrogen and oxygen atoms in total. The largest absolute Gasteiger partial charge is 0.454 e. The fourth-order valence-electron chi connectivity index (χ4n) is 4.41. The number of hydrogen-bond acceptors (Lipinski definition) is 5. The van der Waals surface area contributed by atoms with Gasteiger partial charge in [0, 0.05) is 0 Å². The zero-order valence-corrected chi connectivity index (χ0v) is 18.0. The minimum atomic E-state index is -1.27. The monoisotopic (exact) mass is 430 g/mol. The summed E-state index contributed by atoms with van der Waals surface area (Å²) in [6, 6.07) is 29.6. The number of esters is 1. The Morgan fingerprint density at radius 3 is 1.72 bits per heavy atom. The van der Waals surface area contributed by atoms with Gasteiger partial charge < -0.3 is 18.9 Å². The van der Waals surface area contributed by atoms with Crippen molar-refractivity contribution in [2.24, 2.45) is 0 Å². The van der Waals surface area contributed by atoms with Crippen LogP contribution in [0.3, 0.4) is 0 Å². The van der Waals surface area contributed by atoms with Crippen molar-refractivity contribution >= 4 is 5.97 Å². The van der Waals surface area contributed by atoms with Gasteiger partial charge in [-0.25, -0.2) is 4.79 Å². The van der Waals surface area contributed by atoms with Gasteiger partial charge in [-0.05, 0) is 23.6 Å². The van der Waals surface area contributed by atoms with Gasteiger partial charge in [-0.15, -0.1) is 0 Å². The molecule has 1 saturated heterocycles. The number of rotatable bonds is 9. The molecule has 0 spiro atoms. The van der Waals surface area contributed by atoms with Crippen LogP contribution in [0.5, 0.6) is 0 Å². The molecule has 1 saturated carbocycles. The van der Waals surface area contributed by atoms with E-state index in [4.69, 9.17) is 18.9 Å². The summed E-state index contributed by atoms with van der Waals surface area (Å²) in [5, 5.41) is 0. The van der Waals surface area contributed by atoms with E-state index in [1.165, 1.54) is 0 Å². The van der Waals surface area contributed by atoms with Crippen LogP contribution >= 0.6 is 0 Å². The third-order valence-electron chi connectivity index (χ3n) is 6.34. The summed E-state index contributed by atoms with van der Waals surface area (Å²) in [6.45, 7) is 2.78. The molecule has 0 N–H and O–H groups in total. The second-order valence-electron chi connectivity index (χ2n) is 8.42. The fraction of sp³-hybridized carbons (Fsp3) is 0.296.